The van der Waals surface area contributed by atoms with Gasteiger partial charge < -0.3 is 19.3 Å². The van der Waals surface area contributed by atoms with Crippen molar-refractivity contribution in [2.45, 2.75) is 87.5 Å². The zero-order valence-corrected chi connectivity index (χ0v) is 19.9. The first-order valence-electron chi connectivity index (χ1n) is 11.2. The van der Waals surface area contributed by atoms with Crippen LogP contribution in [0.25, 0.3) is 0 Å². The fourth-order valence-electron chi connectivity index (χ4n) is 5.99. The van der Waals surface area contributed by atoms with Gasteiger partial charge in [-0.25, -0.2) is 0 Å². The van der Waals surface area contributed by atoms with Crippen molar-refractivity contribution in [3.05, 3.63) is 5.76 Å². The Bertz CT molecular complexity index is 921. The van der Waals surface area contributed by atoms with Crippen LogP contribution in [0.4, 0.5) is 0 Å². The molecule has 1 N–H and O–H groups in total. The summed E-state index contributed by atoms with van der Waals surface area (Å²) in [5.41, 5.74) is -1.55. The molecule has 2 atom stereocenters. The number of carbonyl (C=O) groups excluding carboxylic acids is 2. The normalized spacial score (nSPS) is 30.8. The summed E-state index contributed by atoms with van der Waals surface area (Å²) in [5, 5.41) is 16.7. The second kappa shape index (κ2) is 8.29. The van der Waals surface area contributed by atoms with Crippen molar-refractivity contribution in [3.8, 4) is 11.9 Å². The van der Waals surface area contributed by atoms with E-state index in [0.717, 1.165) is 32.1 Å². The van der Waals surface area contributed by atoms with Crippen LogP contribution in [0, 0.1) is 28.6 Å². The zero-order chi connectivity index (χ0) is 23.1. The van der Waals surface area contributed by atoms with E-state index in [2.05, 4.69) is 16.5 Å². The van der Waals surface area contributed by atoms with E-state index in [1.807, 2.05) is 13.8 Å². The van der Waals surface area contributed by atoms with E-state index in [1.54, 1.807) is 13.8 Å². The van der Waals surface area contributed by atoms with E-state index in [1.165, 1.54) is 11.8 Å². The Labute approximate surface area is 192 Å². The number of amides is 1. The van der Waals surface area contributed by atoms with E-state index in [0.29, 0.717) is 29.6 Å². The van der Waals surface area contributed by atoms with Gasteiger partial charge in [0.05, 0.1) is 11.5 Å². The molecule has 32 heavy (non-hydrogen) atoms. The van der Waals surface area contributed by atoms with Crippen LogP contribution < -0.4 is 10.1 Å². The number of carbonyl (C=O) groups is 2. The fraction of sp³-hybridized carbons (Fsp3) is 0.739. The third-order valence-corrected chi connectivity index (χ3v) is 7.80. The summed E-state index contributed by atoms with van der Waals surface area (Å²) < 4.78 is 16.8. The standard InChI is InChI=1S/C23H31N3O5S/c1-14(2)32-18-17(31-26-20(18)29-12-21(3,4)11-24)19(28)25-22-6-15-5-16(7-22)9-23(8-15,10-22)30-13-27/h13-16H,5-10,12H2,1-4H3,(H,25,28). The first-order chi connectivity index (χ1) is 15.1. The minimum atomic E-state index is -0.687. The van der Waals surface area contributed by atoms with Gasteiger partial charge in [-0.3, -0.25) is 9.59 Å². The third-order valence-electron chi connectivity index (χ3n) is 6.74. The number of ether oxygens (including phenoxy) is 2. The van der Waals surface area contributed by atoms with Gasteiger partial charge in [0, 0.05) is 17.2 Å². The van der Waals surface area contributed by atoms with Gasteiger partial charge in [-0.2, -0.15) is 5.26 Å². The van der Waals surface area contributed by atoms with E-state index in [-0.39, 0.29) is 29.4 Å². The molecule has 9 heteroatoms. The first kappa shape index (κ1) is 23.0. The number of aromatic nitrogens is 1. The second-order valence-corrected chi connectivity index (χ2v) is 12.3. The van der Waals surface area contributed by atoms with Gasteiger partial charge in [-0.05, 0) is 62.9 Å². The van der Waals surface area contributed by atoms with Gasteiger partial charge >= 0.3 is 0 Å². The van der Waals surface area contributed by atoms with Crippen LogP contribution in [0.2, 0.25) is 0 Å². The molecular formula is C23H31N3O5S. The molecule has 4 aliphatic carbocycles. The summed E-state index contributed by atoms with van der Waals surface area (Å²) in [6.07, 6.45) is 5.30. The Morgan fingerprint density at radius 1 is 1.38 bits per heavy atom. The molecule has 1 amide bonds. The van der Waals surface area contributed by atoms with Crippen molar-refractivity contribution < 1.29 is 23.6 Å². The van der Waals surface area contributed by atoms with Crippen LogP contribution in [0.15, 0.2) is 9.42 Å². The van der Waals surface area contributed by atoms with Gasteiger partial charge in [-0.15, -0.1) is 11.8 Å². The molecule has 174 valence electrons. The summed E-state index contributed by atoms with van der Waals surface area (Å²) in [6, 6.07) is 2.19. The number of nitrogens with zero attached hydrogens (tertiary/aromatic N) is 2. The number of thioether (sulfide) groups is 1. The van der Waals surface area contributed by atoms with E-state index < -0.39 is 16.6 Å². The van der Waals surface area contributed by atoms with Gasteiger partial charge in [0.25, 0.3) is 18.3 Å². The lowest BCUT2D eigenvalue weighted by molar-refractivity contribution is -0.177. The van der Waals surface area contributed by atoms with Gasteiger partial charge in [0.15, 0.2) is 0 Å². The molecule has 0 saturated heterocycles. The van der Waals surface area contributed by atoms with Crippen molar-refractivity contribution in [2.75, 3.05) is 6.61 Å². The number of nitriles is 1. The molecule has 8 nitrogen and oxygen atoms in total. The molecule has 4 bridgehead atoms. The smallest absolute Gasteiger partial charge is 0.293 e. The van der Waals surface area contributed by atoms with Crippen molar-refractivity contribution >= 4 is 24.1 Å². The quantitative estimate of drug-likeness (QED) is 0.432. The molecule has 1 aromatic heterocycles. The maximum absolute atomic E-state index is 13.4. The Balaban J connectivity index is 1.55. The number of rotatable bonds is 9. The summed E-state index contributed by atoms with van der Waals surface area (Å²) in [4.78, 5) is 25.1. The molecule has 1 heterocycles. The van der Waals surface area contributed by atoms with E-state index in [9.17, 15) is 14.9 Å². The molecule has 4 aliphatic rings. The summed E-state index contributed by atoms with van der Waals surface area (Å²) in [5.74, 6) is 0.946. The Morgan fingerprint density at radius 3 is 2.66 bits per heavy atom. The molecule has 0 aromatic carbocycles. The Kier molecular flexibility index (Phi) is 5.95. The molecular weight excluding hydrogens is 430 g/mol. The van der Waals surface area contributed by atoms with Crippen LogP contribution in [0.3, 0.4) is 0 Å². The highest BCUT2D eigenvalue weighted by Crippen LogP contribution is 2.58. The SMILES string of the molecule is CC(C)Sc1c(OCC(C)(C)C#N)noc1C(=O)NC12CC3CC(C1)CC(OC=O)(C3)C2. The average Bonchev–Trinajstić information content (AvgIpc) is 3.07. The predicted octanol–water partition coefficient (Wildman–Crippen LogP) is 4.10. The van der Waals surface area contributed by atoms with E-state index in [4.69, 9.17) is 14.0 Å². The molecule has 5 rings (SSSR count). The molecule has 0 radical (unpaired) electrons. The van der Waals surface area contributed by atoms with Crippen LogP contribution in [-0.2, 0) is 9.53 Å². The molecule has 2 unspecified atom stereocenters. The zero-order valence-electron chi connectivity index (χ0n) is 19.1. The average molecular weight is 462 g/mol. The summed E-state index contributed by atoms with van der Waals surface area (Å²) in [7, 11) is 0. The maximum atomic E-state index is 13.4. The van der Waals surface area contributed by atoms with Crippen LogP contribution in [0.5, 0.6) is 5.88 Å². The largest absolute Gasteiger partial charge is 0.473 e. The fourth-order valence-corrected chi connectivity index (χ4v) is 6.89. The first-order valence-corrected chi connectivity index (χ1v) is 12.1. The molecule has 0 spiro atoms. The lowest BCUT2D eigenvalue weighted by Crippen LogP contribution is -2.66. The van der Waals surface area contributed by atoms with Crippen molar-refractivity contribution in [3.63, 3.8) is 0 Å². The second-order valence-electron chi connectivity index (χ2n) is 10.7. The molecule has 0 aliphatic heterocycles. The van der Waals surface area contributed by atoms with E-state index >= 15 is 0 Å². The summed E-state index contributed by atoms with van der Waals surface area (Å²) >= 11 is 1.45. The summed E-state index contributed by atoms with van der Waals surface area (Å²) in [6.45, 7) is 8.29. The molecule has 4 saturated carbocycles. The topological polar surface area (TPSA) is 114 Å². The Hall–Kier alpha value is -2.21. The minimum Gasteiger partial charge on any atom is -0.473 e. The predicted molar refractivity (Wildman–Crippen MR) is 117 cm³/mol. The highest BCUT2D eigenvalue weighted by Gasteiger charge is 2.59. The number of nitrogens with one attached hydrogen (secondary N) is 1. The van der Waals surface area contributed by atoms with Crippen LogP contribution in [-0.4, -0.2) is 40.5 Å². The third kappa shape index (κ3) is 4.47. The van der Waals surface area contributed by atoms with Crippen molar-refractivity contribution in [1.29, 1.82) is 5.26 Å². The van der Waals surface area contributed by atoms with Crippen molar-refractivity contribution in [2.24, 2.45) is 17.3 Å². The van der Waals surface area contributed by atoms with Gasteiger partial charge in [0.2, 0.25) is 5.76 Å². The van der Waals surface area contributed by atoms with Gasteiger partial charge in [-0.1, -0.05) is 13.8 Å². The highest BCUT2D eigenvalue weighted by atomic mass is 32.2. The van der Waals surface area contributed by atoms with Crippen LogP contribution >= 0.6 is 11.8 Å². The monoisotopic (exact) mass is 461 g/mol. The maximum Gasteiger partial charge on any atom is 0.293 e. The molecule has 4 fully saturated rings. The number of hydrogen-bond donors (Lipinski definition) is 1. The lowest BCUT2D eigenvalue weighted by Gasteiger charge is -2.60. The van der Waals surface area contributed by atoms with Crippen LogP contribution in [0.1, 0.15) is 76.8 Å². The lowest BCUT2D eigenvalue weighted by atomic mass is 9.51. The Morgan fingerprint density at radius 2 is 2.06 bits per heavy atom. The van der Waals surface area contributed by atoms with Crippen molar-refractivity contribution in [1.82, 2.24) is 10.5 Å². The highest BCUT2D eigenvalue weighted by molar-refractivity contribution is 8.00. The molecule has 1 aromatic rings. The van der Waals surface area contributed by atoms with Gasteiger partial charge in [0.1, 0.15) is 17.1 Å². The number of hydrogen-bond acceptors (Lipinski definition) is 8. The minimum absolute atomic E-state index is 0.134.